The lowest BCUT2D eigenvalue weighted by Crippen LogP contribution is -2.49. The summed E-state index contributed by atoms with van der Waals surface area (Å²) in [6, 6.07) is 0.415. The molecule has 6 nitrogen and oxygen atoms in total. The van der Waals surface area contributed by atoms with Gasteiger partial charge in [-0.15, -0.1) is 0 Å². The molecule has 2 amide bonds. The highest BCUT2D eigenvalue weighted by Gasteiger charge is 2.33. The molecule has 0 aliphatic rings. The van der Waals surface area contributed by atoms with E-state index in [-0.39, 0.29) is 29.6 Å². The molecule has 0 atom stereocenters. The van der Waals surface area contributed by atoms with E-state index in [1.54, 1.807) is 0 Å². The van der Waals surface area contributed by atoms with Crippen molar-refractivity contribution in [1.29, 1.82) is 0 Å². The van der Waals surface area contributed by atoms with Gasteiger partial charge in [0.05, 0.1) is 12.0 Å². The van der Waals surface area contributed by atoms with Crippen LogP contribution in [0.15, 0.2) is 0 Å². The van der Waals surface area contributed by atoms with E-state index in [1.807, 2.05) is 41.5 Å². The molecule has 0 heterocycles. The number of ether oxygens (including phenoxy) is 1. The Morgan fingerprint density at radius 1 is 0.829 bits per heavy atom. The SMILES string of the molecule is CC.CC(C)NC(C)(C)CC(C)(C)CNC(=O)C(C)(C)CCOC(C)(C)CC(=O)NCC(C)(C)C.[HH]. The molecular formula is C29H63N3O3. The van der Waals surface area contributed by atoms with Gasteiger partial charge in [0.25, 0.3) is 0 Å². The summed E-state index contributed by atoms with van der Waals surface area (Å²) >= 11 is 0. The summed E-state index contributed by atoms with van der Waals surface area (Å²) in [5, 5.41) is 9.74. The average Bonchev–Trinajstić information content (AvgIpc) is 2.62. The van der Waals surface area contributed by atoms with Crippen molar-refractivity contribution in [2.45, 2.75) is 140 Å². The van der Waals surface area contributed by atoms with Crippen molar-refractivity contribution in [2.24, 2.45) is 16.2 Å². The van der Waals surface area contributed by atoms with Crippen LogP contribution in [-0.4, -0.2) is 48.7 Å². The van der Waals surface area contributed by atoms with Crippen LogP contribution < -0.4 is 16.0 Å². The van der Waals surface area contributed by atoms with Crippen LogP contribution in [0.3, 0.4) is 0 Å². The van der Waals surface area contributed by atoms with Gasteiger partial charge in [-0.25, -0.2) is 0 Å². The lowest BCUT2D eigenvalue weighted by molar-refractivity contribution is -0.134. The third-order valence-electron chi connectivity index (χ3n) is 5.56. The minimum Gasteiger partial charge on any atom is -0.375 e. The van der Waals surface area contributed by atoms with Crippen molar-refractivity contribution in [1.82, 2.24) is 16.0 Å². The van der Waals surface area contributed by atoms with Gasteiger partial charge in [0, 0.05) is 38.1 Å². The third-order valence-corrected chi connectivity index (χ3v) is 5.56. The van der Waals surface area contributed by atoms with Crippen molar-refractivity contribution in [2.75, 3.05) is 19.7 Å². The molecule has 3 N–H and O–H groups in total. The fourth-order valence-electron chi connectivity index (χ4n) is 4.21. The van der Waals surface area contributed by atoms with Crippen LogP contribution in [0.25, 0.3) is 0 Å². The largest absolute Gasteiger partial charge is 0.375 e. The highest BCUT2D eigenvalue weighted by molar-refractivity contribution is 5.81. The van der Waals surface area contributed by atoms with Gasteiger partial charge in [0.2, 0.25) is 11.8 Å². The molecule has 0 saturated heterocycles. The molecule has 0 aliphatic heterocycles. The van der Waals surface area contributed by atoms with Crippen LogP contribution in [0.5, 0.6) is 0 Å². The molecule has 0 aromatic carbocycles. The number of hydrogen-bond donors (Lipinski definition) is 3. The minimum absolute atomic E-state index is 0. The maximum Gasteiger partial charge on any atom is 0.225 e. The molecule has 0 unspecified atom stereocenters. The summed E-state index contributed by atoms with van der Waals surface area (Å²) in [5.41, 5.74) is -1.11. The Kier molecular flexibility index (Phi) is 15.0. The van der Waals surface area contributed by atoms with E-state index < -0.39 is 11.0 Å². The Hall–Kier alpha value is -1.14. The second-order valence-corrected chi connectivity index (χ2v) is 14.0. The van der Waals surface area contributed by atoms with Gasteiger partial charge in [0.1, 0.15) is 0 Å². The summed E-state index contributed by atoms with van der Waals surface area (Å²) in [6.07, 6.45) is 1.84. The predicted octanol–water partition coefficient (Wildman–Crippen LogP) is 6.33. The number of carbonyl (C=O) groups excluding carboxylic acids is 2. The van der Waals surface area contributed by atoms with Crippen molar-refractivity contribution < 1.29 is 15.8 Å². The van der Waals surface area contributed by atoms with Crippen molar-refractivity contribution >= 4 is 11.8 Å². The zero-order chi connectivity index (χ0) is 28.3. The van der Waals surface area contributed by atoms with Gasteiger partial charge >= 0.3 is 0 Å². The summed E-state index contributed by atoms with van der Waals surface area (Å²) in [6.45, 7) is 32.8. The van der Waals surface area contributed by atoms with Gasteiger partial charge in [0.15, 0.2) is 0 Å². The van der Waals surface area contributed by atoms with Gasteiger partial charge in [-0.05, 0) is 51.4 Å². The van der Waals surface area contributed by atoms with E-state index >= 15 is 0 Å². The Bertz CT molecular complexity index is 636. The number of hydrogen-bond acceptors (Lipinski definition) is 4. The van der Waals surface area contributed by atoms with E-state index in [0.717, 1.165) is 6.42 Å². The van der Waals surface area contributed by atoms with Gasteiger partial charge in [-0.2, -0.15) is 0 Å². The molecule has 35 heavy (non-hydrogen) atoms. The summed E-state index contributed by atoms with van der Waals surface area (Å²) in [4.78, 5) is 25.2. The molecule has 0 radical (unpaired) electrons. The Labute approximate surface area is 220 Å². The second-order valence-electron chi connectivity index (χ2n) is 14.0. The molecule has 212 valence electrons. The fourth-order valence-corrected chi connectivity index (χ4v) is 4.21. The Balaban J connectivity index is -0.00000353. The zero-order valence-electron chi connectivity index (χ0n) is 26.0. The highest BCUT2D eigenvalue weighted by atomic mass is 16.5. The van der Waals surface area contributed by atoms with Crippen LogP contribution in [0.2, 0.25) is 0 Å². The van der Waals surface area contributed by atoms with E-state index in [2.05, 4.69) is 78.3 Å². The first kappa shape index (κ1) is 36.0. The average molecular weight is 502 g/mol. The monoisotopic (exact) mass is 501 g/mol. The smallest absolute Gasteiger partial charge is 0.225 e. The Morgan fingerprint density at radius 3 is 1.80 bits per heavy atom. The number of amides is 2. The first-order valence-electron chi connectivity index (χ1n) is 13.5. The van der Waals surface area contributed by atoms with Gasteiger partial charge in [-0.1, -0.05) is 76.2 Å². The molecule has 0 rings (SSSR count). The highest BCUT2D eigenvalue weighted by Crippen LogP contribution is 2.29. The van der Waals surface area contributed by atoms with Crippen LogP contribution in [-0.2, 0) is 14.3 Å². The van der Waals surface area contributed by atoms with Crippen molar-refractivity contribution in [3.05, 3.63) is 0 Å². The maximum atomic E-state index is 12.9. The number of carbonyl (C=O) groups is 2. The first-order chi connectivity index (χ1) is 15.6. The van der Waals surface area contributed by atoms with Gasteiger partial charge in [-0.3, -0.25) is 9.59 Å². The van der Waals surface area contributed by atoms with E-state index in [0.29, 0.717) is 38.6 Å². The molecular weight excluding hydrogens is 438 g/mol. The molecule has 0 bridgehead atoms. The number of nitrogens with one attached hydrogen (secondary N) is 3. The molecule has 0 saturated carbocycles. The van der Waals surface area contributed by atoms with Crippen LogP contribution in [0.4, 0.5) is 0 Å². The van der Waals surface area contributed by atoms with Crippen LogP contribution in [0, 0.1) is 16.2 Å². The third kappa shape index (κ3) is 18.7. The standard InChI is InChI=1S/C27H55N3O3.C2H6.H2/c1-20(2)30-26(10,11)17-24(6,7)19-29-22(32)25(8,9)14-15-33-27(12,13)16-21(31)28-18-23(3,4)5;1-2;/h20,30H,14-19H2,1-13H3,(H,28,31)(H,29,32);1-2H3;1H. The number of rotatable bonds is 14. The fraction of sp³-hybridized carbons (Fsp3) is 0.931. The molecule has 0 aromatic heterocycles. The van der Waals surface area contributed by atoms with E-state index in [9.17, 15) is 9.59 Å². The minimum atomic E-state index is -0.578. The van der Waals surface area contributed by atoms with Crippen LogP contribution in [0.1, 0.15) is 125 Å². The Morgan fingerprint density at radius 2 is 1.34 bits per heavy atom. The van der Waals surface area contributed by atoms with Gasteiger partial charge < -0.3 is 20.7 Å². The molecule has 0 spiro atoms. The van der Waals surface area contributed by atoms with Crippen molar-refractivity contribution in [3.8, 4) is 0 Å². The lowest BCUT2D eigenvalue weighted by Gasteiger charge is -2.38. The maximum absolute atomic E-state index is 12.9. The lowest BCUT2D eigenvalue weighted by atomic mass is 9.79. The topological polar surface area (TPSA) is 79.5 Å². The summed E-state index contributed by atoms with van der Waals surface area (Å²) in [7, 11) is 0. The molecule has 0 fully saturated rings. The van der Waals surface area contributed by atoms with E-state index in [1.165, 1.54) is 0 Å². The zero-order valence-corrected chi connectivity index (χ0v) is 26.0. The molecule has 6 heteroatoms. The predicted molar refractivity (Wildman–Crippen MR) is 153 cm³/mol. The van der Waals surface area contributed by atoms with Crippen LogP contribution >= 0.6 is 0 Å². The summed E-state index contributed by atoms with van der Waals surface area (Å²) < 4.78 is 6.02. The first-order valence-corrected chi connectivity index (χ1v) is 13.5. The molecule has 0 aliphatic carbocycles. The molecule has 0 aromatic rings. The normalized spacial score (nSPS) is 13.3. The summed E-state index contributed by atoms with van der Waals surface area (Å²) in [5.74, 6) is 0.0265. The second kappa shape index (κ2) is 14.6. The van der Waals surface area contributed by atoms with Crippen molar-refractivity contribution in [3.63, 3.8) is 0 Å². The quantitative estimate of drug-likeness (QED) is 0.260. The van der Waals surface area contributed by atoms with E-state index in [4.69, 9.17) is 4.74 Å².